The van der Waals surface area contributed by atoms with E-state index < -0.39 is 6.04 Å². The Morgan fingerprint density at radius 3 is 1.15 bits per heavy atom. The molecule has 0 amide bonds. The maximum Gasteiger partial charge on any atom is 0.140 e. The molecule has 0 saturated heterocycles. The highest BCUT2D eigenvalue weighted by Crippen LogP contribution is 2.67. The van der Waals surface area contributed by atoms with Gasteiger partial charge in [0.05, 0.1) is 39.0 Å². The quantitative estimate of drug-likeness (QED) is 0.124. The van der Waals surface area contributed by atoms with Gasteiger partial charge in [-0.1, -0.05) is 143 Å². The molecule has 0 spiro atoms. The lowest BCUT2D eigenvalue weighted by Crippen LogP contribution is -2.43. The average molecular weight is 736 g/mol. The van der Waals surface area contributed by atoms with Crippen LogP contribution in [0.2, 0.25) is 0 Å². The van der Waals surface area contributed by atoms with E-state index in [1.165, 1.54) is 49.5 Å². The SMILES string of the molecule is CC(C)(C)c1cc2c3c(c1)Oc1cc(C(C)(C)C)cc4c1P3(=S)c1c(cc(C(C)(C)C)cc1N4c1c3ccccc3c(C(C)(C)C)c3ccccc13)O2. The van der Waals surface area contributed by atoms with E-state index in [1.807, 2.05) is 0 Å². The molecule has 6 aromatic rings. The van der Waals surface area contributed by atoms with Crippen molar-refractivity contribution in [2.24, 2.45) is 0 Å². The third-order valence-electron chi connectivity index (χ3n) is 11.5. The summed E-state index contributed by atoms with van der Waals surface area (Å²) in [5, 5.41) is 8.30. The van der Waals surface area contributed by atoms with Crippen LogP contribution in [0.1, 0.15) is 105 Å². The van der Waals surface area contributed by atoms with Gasteiger partial charge >= 0.3 is 0 Å². The second-order valence-electron chi connectivity index (χ2n) is 19.5. The minimum absolute atomic E-state index is 0.0781. The van der Waals surface area contributed by atoms with Crippen molar-refractivity contribution >= 4 is 72.4 Å². The van der Waals surface area contributed by atoms with Crippen LogP contribution in [0.4, 0.5) is 17.1 Å². The van der Waals surface area contributed by atoms with Gasteiger partial charge in [-0.25, -0.2) is 0 Å². The number of hydrogen-bond acceptors (Lipinski definition) is 4. The summed E-state index contributed by atoms with van der Waals surface area (Å²) in [6.07, 6.45) is 0. The van der Waals surface area contributed by atoms with Crippen LogP contribution in [0.5, 0.6) is 23.0 Å². The summed E-state index contributed by atoms with van der Waals surface area (Å²) >= 11 is 7.29. The highest BCUT2D eigenvalue weighted by Gasteiger charge is 2.51. The van der Waals surface area contributed by atoms with Gasteiger partial charge in [0.2, 0.25) is 0 Å². The third-order valence-corrected chi connectivity index (χ3v) is 16.4. The summed E-state index contributed by atoms with van der Waals surface area (Å²) in [4.78, 5) is 2.55. The average Bonchev–Trinajstić information content (AvgIpc) is 3.05. The number of benzene rings is 6. The summed E-state index contributed by atoms with van der Waals surface area (Å²) in [5.41, 5.74) is 7.94. The van der Waals surface area contributed by atoms with E-state index in [1.54, 1.807) is 0 Å². The number of rotatable bonds is 1. The Balaban J connectivity index is 1.51. The zero-order valence-electron chi connectivity index (χ0n) is 33.2. The van der Waals surface area contributed by atoms with Gasteiger partial charge in [-0.2, -0.15) is 0 Å². The van der Waals surface area contributed by atoms with E-state index in [0.29, 0.717) is 0 Å². The van der Waals surface area contributed by atoms with Gasteiger partial charge in [-0.3, -0.25) is 0 Å². The molecule has 3 heterocycles. The molecule has 0 radical (unpaired) electrons. The normalized spacial score (nSPS) is 15.7. The third kappa shape index (κ3) is 4.87. The zero-order chi connectivity index (χ0) is 37.8. The minimum Gasteiger partial charge on any atom is -0.456 e. The fourth-order valence-electron chi connectivity index (χ4n) is 8.76. The van der Waals surface area contributed by atoms with E-state index in [2.05, 4.69) is 173 Å². The minimum atomic E-state index is -2.67. The van der Waals surface area contributed by atoms with Crippen LogP contribution in [0, 0.1) is 0 Å². The molecular weight excluding hydrogens is 686 g/mol. The van der Waals surface area contributed by atoms with Gasteiger partial charge in [-0.05, 0) is 91.1 Å². The zero-order valence-corrected chi connectivity index (χ0v) is 34.9. The van der Waals surface area contributed by atoms with Gasteiger partial charge in [0.25, 0.3) is 0 Å². The van der Waals surface area contributed by atoms with Crippen molar-refractivity contribution in [2.45, 2.75) is 105 Å². The fraction of sp³-hybridized carbons (Fsp3) is 0.333. The molecule has 270 valence electrons. The molecule has 0 aliphatic carbocycles. The van der Waals surface area contributed by atoms with Gasteiger partial charge in [0, 0.05) is 10.8 Å². The first-order valence-corrected chi connectivity index (χ1v) is 21.8. The summed E-state index contributed by atoms with van der Waals surface area (Å²) < 4.78 is 14.3. The van der Waals surface area contributed by atoms with Crippen molar-refractivity contribution in [3.05, 3.63) is 107 Å². The predicted octanol–water partition coefficient (Wildman–Crippen LogP) is 12.9. The number of anilines is 3. The van der Waals surface area contributed by atoms with Crippen molar-refractivity contribution in [2.75, 3.05) is 4.90 Å². The Morgan fingerprint density at radius 1 is 0.453 bits per heavy atom. The Hall–Kier alpha value is -4.11. The monoisotopic (exact) mass is 735 g/mol. The topological polar surface area (TPSA) is 21.7 Å². The summed E-state index contributed by atoms with van der Waals surface area (Å²) in [7, 11) is 0. The Labute approximate surface area is 320 Å². The molecule has 6 aromatic carbocycles. The Kier molecular flexibility index (Phi) is 7.04. The van der Waals surface area contributed by atoms with Crippen LogP contribution in [0.15, 0.2) is 84.9 Å². The van der Waals surface area contributed by atoms with Crippen LogP contribution in [-0.2, 0) is 33.5 Å². The standard InChI is InChI=1S/C48H50NO2PS/c1-45(2,3)27-21-34-42-36(23-27)50-38-25-29(47(7,8)9)26-39-44(38)52(42,53)43-35(22-28(46(4,5)6)24-37(43)51-39)49(34)41-32-19-15-13-17-30(32)40(48(10,11)12)31-18-14-16-20-33(31)41/h13-26H,1-12H3. The molecule has 3 aliphatic heterocycles. The summed E-state index contributed by atoms with van der Waals surface area (Å²) in [6, 6.07) is 29.2. The maximum absolute atomic E-state index is 7.29. The Bertz CT molecular complexity index is 2480. The molecule has 0 fully saturated rings. The molecular formula is C48H50NO2PS. The summed E-state index contributed by atoms with van der Waals surface area (Å²) in [5.74, 6) is 3.44. The molecule has 0 unspecified atom stereocenters. The number of hydrogen-bond donors (Lipinski definition) is 0. The lowest BCUT2D eigenvalue weighted by atomic mass is 9.79. The molecule has 3 aliphatic rings. The van der Waals surface area contributed by atoms with Crippen LogP contribution in [-0.4, -0.2) is 0 Å². The van der Waals surface area contributed by atoms with E-state index in [0.717, 1.165) is 50.3 Å². The van der Waals surface area contributed by atoms with E-state index in [4.69, 9.17) is 21.3 Å². The van der Waals surface area contributed by atoms with Crippen molar-refractivity contribution in [1.82, 2.24) is 0 Å². The molecule has 3 nitrogen and oxygen atoms in total. The highest BCUT2D eigenvalue weighted by molar-refractivity contribution is 8.26. The molecule has 5 heteroatoms. The van der Waals surface area contributed by atoms with Gasteiger partial charge in [0.15, 0.2) is 0 Å². The molecule has 0 bridgehead atoms. The molecule has 9 rings (SSSR count). The maximum atomic E-state index is 7.29. The fourth-order valence-corrected chi connectivity index (χ4v) is 13.7. The van der Waals surface area contributed by atoms with Crippen molar-refractivity contribution in [3.63, 3.8) is 0 Å². The largest absolute Gasteiger partial charge is 0.456 e. The van der Waals surface area contributed by atoms with Gasteiger partial charge in [-0.15, -0.1) is 0 Å². The lowest BCUT2D eigenvalue weighted by Gasteiger charge is -2.47. The van der Waals surface area contributed by atoms with Crippen LogP contribution in [0.25, 0.3) is 21.5 Å². The highest BCUT2D eigenvalue weighted by atomic mass is 32.4. The molecule has 0 atom stereocenters. The first-order valence-electron chi connectivity index (χ1n) is 19.0. The van der Waals surface area contributed by atoms with E-state index >= 15 is 0 Å². The predicted molar refractivity (Wildman–Crippen MR) is 231 cm³/mol. The Morgan fingerprint density at radius 2 is 0.792 bits per heavy atom. The molecule has 0 N–H and O–H groups in total. The smallest absolute Gasteiger partial charge is 0.140 e. The number of fused-ring (bicyclic) bond motifs is 2. The number of ether oxygens (including phenoxy) is 2. The van der Waals surface area contributed by atoms with Crippen LogP contribution in [0.3, 0.4) is 0 Å². The first kappa shape index (κ1) is 34.6. The van der Waals surface area contributed by atoms with Crippen LogP contribution >= 0.6 is 6.04 Å². The van der Waals surface area contributed by atoms with Gasteiger partial charge < -0.3 is 14.4 Å². The number of nitrogens with zero attached hydrogens (tertiary/aromatic N) is 1. The van der Waals surface area contributed by atoms with Crippen molar-refractivity contribution < 1.29 is 9.47 Å². The second-order valence-corrected chi connectivity index (χ2v) is 23.7. The molecule has 53 heavy (non-hydrogen) atoms. The first-order chi connectivity index (χ1) is 24.7. The van der Waals surface area contributed by atoms with Crippen molar-refractivity contribution in [1.29, 1.82) is 0 Å². The van der Waals surface area contributed by atoms with E-state index in [9.17, 15) is 0 Å². The van der Waals surface area contributed by atoms with E-state index in [-0.39, 0.29) is 21.7 Å². The van der Waals surface area contributed by atoms with Gasteiger partial charge in [0.1, 0.15) is 23.0 Å². The lowest BCUT2D eigenvalue weighted by molar-refractivity contribution is 0.457. The van der Waals surface area contributed by atoms with Crippen LogP contribution < -0.4 is 30.3 Å². The molecule has 0 aromatic heterocycles. The second kappa shape index (κ2) is 10.8. The molecule has 0 saturated carbocycles. The summed E-state index contributed by atoms with van der Waals surface area (Å²) in [6.45, 7) is 27.5. The van der Waals surface area contributed by atoms with Crippen molar-refractivity contribution in [3.8, 4) is 23.0 Å².